The molecule has 0 fully saturated rings. The van der Waals surface area contributed by atoms with E-state index >= 15 is 0 Å². The third-order valence-corrected chi connectivity index (χ3v) is 6.41. The SMILES string of the molecule is Cc1cccc(OCCN(C)S(=O)(=O)C2=Cc3ccccc3CC2)c1. The van der Waals surface area contributed by atoms with E-state index in [1.807, 2.05) is 49.4 Å². The number of ether oxygens (including phenoxy) is 1. The Bertz CT molecular complexity index is 887. The van der Waals surface area contributed by atoms with Crippen LogP contribution in [0.5, 0.6) is 5.75 Å². The van der Waals surface area contributed by atoms with Crippen LogP contribution >= 0.6 is 0 Å². The van der Waals surface area contributed by atoms with Crippen LogP contribution in [0.4, 0.5) is 0 Å². The molecule has 3 rings (SSSR count). The molecule has 0 radical (unpaired) electrons. The first kappa shape index (κ1) is 17.7. The fourth-order valence-electron chi connectivity index (χ4n) is 2.93. The number of nitrogens with zero attached hydrogens (tertiary/aromatic N) is 1. The normalized spacial score (nSPS) is 14.1. The van der Waals surface area contributed by atoms with Crippen LogP contribution in [0.1, 0.15) is 23.1 Å². The quantitative estimate of drug-likeness (QED) is 0.793. The van der Waals surface area contributed by atoms with Gasteiger partial charge in [0.15, 0.2) is 0 Å². The Morgan fingerprint density at radius 1 is 1.08 bits per heavy atom. The van der Waals surface area contributed by atoms with Crippen molar-refractivity contribution >= 4 is 16.1 Å². The minimum absolute atomic E-state index is 0.315. The number of hydrogen-bond donors (Lipinski definition) is 0. The Hall–Kier alpha value is -2.11. The van der Waals surface area contributed by atoms with Crippen molar-refractivity contribution in [1.29, 1.82) is 0 Å². The van der Waals surface area contributed by atoms with Gasteiger partial charge in [-0.05, 0) is 54.7 Å². The molecule has 0 aromatic heterocycles. The summed E-state index contributed by atoms with van der Waals surface area (Å²) < 4.78 is 32.6. The second-order valence-corrected chi connectivity index (χ2v) is 8.40. The van der Waals surface area contributed by atoms with Crippen molar-refractivity contribution in [2.45, 2.75) is 19.8 Å². The maximum atomic E-state index is 12.8. The van der Waals surface area contributed by atoms with Gasteiger partial charge >= 0.3 is 0 Å². The highest BCUT2D eigenvalue weighted by molar-refractivity contribution is 7.93. The smallest absolute Gasteiger partial charge is 0.239 e. The minimum atomic E-state index is -3.45. The van der Waals surface area contributed by atoms with E-state index in [0.717, 1.165) is 23.3 Å². The molecule has 2 aromatic carbocycles. The van der Waals surface area contributed by atoms with Gasteiger partial charge in [-0.3, -0.25) is 0 Å². The molecular weight excluding hydrogens is 334 g/mol. The Balaban J connectivity index is 1.65. The Kier molecular flexibility index (Phi) is 5.25. The summed E-state index contributed by atoms with van der Waals surface area (Å²) in [5.41, 5.74) is 3.31. The molecule has 0 heterocycles. The predicted molar refractivity (Wildman–Crippen MR) is 101 cm³/mol. The van der Waals surface area contributed by atoms with Crippen molar-refractivity contribution in [3.63, 3.8) is 0 Å². The molecule has 0 amide bonds. The molecule has 5 heteroatoms. The zero-order chi connectivity index (χ0) is 17.9. The van der Waals surface area contributed by atoms with Gasteiger partial charge < -0.3 is 4.74 Å². The number of benzene rings is 2. The average Bonchev–Trinajstić information content (AvgIpc) is 2.61. The second kappa shape index (κ2) is 7.42. The lowest BCUT2D eigenvalue weighted by atomic mass is 9.98. The van der Waals surface area contributed by atoms with E-state index in [1.165, 1.54) is 9.87 Å². The maximum absolute atomic E-state index is 12.8. The van der Waals surface area contributed by atoms with Crippen LogP contribution < -0.4 is 4.74 Å². The van der Waals surface area contributed by atoms with E-state index in [0.29, 0.717) is 24.5 Å². The molecule has 0 bridgehead atoms. The number of hydrogen-bond acceptors (Lipinski definition) is 3. The van der Waals surface area contributed by atoms with Crippen LogP contribution in [0.25, 0.3) is 6.08 Å². The van der Waals surface area contributed by atoms with E-state index in [9.17, 15) is 8.42 Å². The molecule has 0 spiro atoms. The van der Waals surface area contributed by atoms with Crippen LogP contribution in [-0.4, -0.2) is 32.9 Å². The van der Waals surface area contributed by atoms with Gasteiger partial charge in [-0.1, -0.05) is 36.4 Å². The number of aryl methyl sites for hydroxylation is 2. The van der Waals surface area contributed by atoms with E-state index in [1.54, 1.807) is 13.1 Å². The van der Waals surface area contributed by atoms with Crippen LogP contribution in [0.2, 0.25) is 0 Å². The standard InChI is InChI=1S/C20H23NO3S/c1-16-6-5-9-19(14-16)24-13-12-21(2)25(22,23)20-11-10-17-7-3-4-8-18(17)15-20/h3-9,14-15H,10-13H2,1-2H3. The molecule has 4 nitrogen and oxygen atoms in total. The monoisotopic (exact) mass is 357 g/mol. The van der Waals surface area contributed by atoms with E-state index in [-0.39, 0.29) is 0 Å². The summed E-state index contributed by atoms with van der Waals surface area (Å²) in [6.07, 6.45) is 3.10. The van der Waals surface area contributed by atoms with Crippen LogP contribution in [0.3, 0.4) is 0 Å². The molecule has 2 aromatic rings. The highest BCUT2D eigenvalue weighted by atomic mass is 32.2. The second-order valence-electron chi connectivity index (χ2n) is 6.30. The van der Waals surface area contributed by atoms with Crippen molar-refractivity contribution in [2.75, 3.05) is 20.2 Å². The summed E-state index contributed by atoms with van der Waals surface area (Å²) in [5.74, 6) is 0.761. The fraction of sp³-hybridized carbons (Fsp3) is 0.300. The summed E-state index contributed by atoms with van der Waals surface area (Å²) in [5, 5.41) is 0. The number of sulfonamides is 1. The lowest BCUT2D eigenvalue weighted by Crippen LogP contribution is -2.32. The summed E-state index contributed by atoms with van der Waals surface area (Å²) in [4.78, 5) is 0.476. The molecule has 0 N–H and O–H groups in total. The highest BCUT2D eigenvalue weighted by Gasteiger charge is 2.25. The zero-order valence-electron chi connectivity index (χ0n) is 14.6. The van der Waals surface area contributed by atoms with E-state index in [4.69, 9.17) is 4.74 Å². The molecule has 0 aliphatic heterocycles. The molecular formula is C20H23NO3S. The molecule has 0 saturated carbocycles. The van der Waals surface area contributed by atoms with Crippen molar-refractivity contribution in [1.82, 2.24) is 4.31 Å². The van der Waals surface area contributed by atoms with Gasteiger partial charge in [0.05, 0.1) is 4.91 Å². The van der Waals surface area contributed by atoms with Gasteiger partial charge in [0.2, 0.25) is 10.0 Å². The van der Waals surface area contributed by atoms with Gasteiger partial charge in [-0.25, -0.2) is 8.42 Å². The van der Waals surface area contributed by atoms with Gasteiger partial charge in [0, 0.05) is 13.6 Å². The predicted octanol–water partition coefficient (Wildman–Crippen LogP) is 3.62. The average molecular weight is 357 g/mol. The minimum Gasteiger partial charge on any atom is -0.492 e. The first-order valence-electron chi connectivity index (χ1n) is 8.41. The summed E-state index contributed by atoms with van der Waals surface area (Å²) in [6, 6.07) is 15.7. The number of fused-ring (bicyclic) bond motifs is 1. The zero-order valence-corrected chi connectivity index (χ0v) is 15.4. The van der Waals surface area contributed by atoms with Crippen molar-refractivity contribution in [3.8, 4) is 5.75 Å². The Morgan fingerprint density at radius 2 is 1.88 bits per heavy atom. The first-order chi connectivity index (χ1) is 12.0. The van der Waals surface area contributed by atoms with Gasteiger partial charge in [-0.15, -0.1) is 0 Å². The lowest BCUT2D eigenvalue weighted by molar-refractivity contribution is 0.287. The van der Waals surface area contributed by atoms with Crippen molar-refractivity contribution in [2.24, 2.45) is 0 Å². The van der Waals surface area contributed by atoms with E-state index in [2.05, 4.69) is 6.07 Å². The fourth-order valence-corrected chi connectivity index (χ4v) is 4.28. The van der Waals surface area contributed by atoms with E-state index < -0.39 is 10.0 Å². The molecule has 1 aliphatic rings. The molecule has 1 aliphatic carbocycles. The Labute approximate surface area is 149 Å². The lowest BCUT2D eigenvalue weighted by Gasteiger charge is -2.22. The molecule has 132 valence electrons. The van der Waals surface area contributed by atoms with Crippen LogP contribution in [-0.2, 0) is 16.4 Å². The van der Waals surface area contributed by atoms with Crippen LogP contribution in [0, 0.1) is 6.92 Å². The maximum Gasteiger partial charge on any atom is 0.239 e. The molecule has 0 atom stereocenters. The van der Waals surface area contributed by atoms with Gasteiger partial charge in [0.1, 0.15) is 12.4 Å². The number of rotatable bonds is 6. The van der Waals surface area contributed by atoms with Gasteiger partial charge in [-0.2, -0.15) is 4.31 Å². The summed E-state index contributed by atoms with van der Waals surface area (Å²) in [6.45, 7) is 2.63. The molecule has 0 saturated heterocycles. The topological polar surface area (TPSA) is 46.6 Å². The molecule has 25 heavy (non-hydrogen) atoms. The van der Waals surface area contributed by atoms with Crippen molar-refractivity contribution < 1.29 is 13.2 Å². The molecule has 0 unspecified atom stereocenters. The van der Waals surface area contributed by atoms with Gasteiger partial charge in [0.25, 0.3) is 0 Å². The van der Waals surface area contributed by atoms with Crippen molar-refractivity contribution in [3.05, 3.63) is 70.1 Å². The largest absolute Gasteiger partial charge is 0.492 e. The first-order valence-corrected chi connectivity index (χ1v) is 9.85. The number of allylic oxidation sites excluding steroid dienone is 1. The summed E-state index contributed by atoms with van der Waals surface area (Å²) in [7, 11) is -1.85. The third kappa shape index (κ3) is 4.11. The number of likely N-dealkylation sites (N-methyl/N-ethyl adjacent to an activating group) is 1. The highest BCUT2D eigenvalue weighted by Crippen LogP contribution is 2.28. The summed E-state index contributed by atoms with van der Waals surface area (Å²) >= 11 is 0. The van der Waals surface area contributed by atoms with Crippen LogP contribution in [0.15, 0.2) is 53.4 Å². The Morgan fingerprint density at radius 3 is 2.68 bits per heavy atom. The third-order valence-electron chi connectivity index (χ3n) is 4.42.